The van der Waals surface area contributed by atoms with Crippen molar-refractivity contribution in [3.63, 3.8) is 0 Å². The van der Waals surface area contributed by atoms with E-state index in [1.54, 1.807) is 0 Å². The number of rotatable bonds is 1. The van der Waals surface area contributed by atoms with Crippen molar-refractivity contribution in [2.75, 3.05) is 13.1 Å². The molecule has 2 heterocycles. The van der Waals surface area contributed by atoms with Gasteiger partial charge in [0.2, 0.25) is 5.91 Å². The Balaban J connectivity index is 1.92. The van der Waals surface area contributed by atoms with Gasteiger partial charge in [-0.3, -0.25) is 10.1 Å². The van der Waals surface area contributed by atoms with Gasteiger partial charge in [0.25, 0.3) is 0 Å². The summed E-state index contributed by atoms with van der Waals surface area (Å²) in [5.41, 5.74) is 0. The monoisotopic (exact) mass is 196 g/mol. The molecule has 0 aromatic rings. The van der Waals surface area contributed by atoms with Crippen LogP contribution >= 0.6 is 0 Å². The molecule has 1 amide bonds. The van der Waals surface area contributed by atoms with Crippen LogP contribution in [0.4, 0.5) is 0 Å². The maximum atomic E-state index is 11.8. The van der Waals surface area contributed by atoms with Crippen molar-refractivity contribution in [2.45, 2.75) is 45.2 Å². The molecule has 0 aromatic heterocycles. The van der Waals surface area contributed by atoms with E-state index >= 15 is 0 Å². The van der Waals surface area contributed by atoms with Gasteiger partial charge in [0.1, 0.15) is 0 Å². The van der Waals surface area contributed by atoms with Crippen LogP contribution in [-0.2, 0) is 4.79 Å². The minimum absolute atomic E-state index is 0.337. The van der Waals surface area contributed by atoms with Gasteiger partial charge in [0, 0.05) is 13.0 Å². The summed E-state index contributed by atoms with van der Waals surface area (Å²) in [7, 11) is 0. The molecule has 1 N–H and O–H groups in total. The Morgan fingerprint density at radius 3 is 2.86 bits per heavy atom. The largest absolute Gasteiger partial charge is 0.327 e. The fourth-order valence-electron chi connectivity index (χ4n) is 2.43. The smallest absolute Gasteiger partial charge is 0.224 e. The SMILES string of the molecule is CC1CCN(C2CCCCN2)C(=O)C1. The van der Waals surface area contributed by atoms with Crippen LogP contribution in [0.5, 0.6) is 0 Å². The van der Waals surface area contributed by atoms with Crippen LogP contribution in [0.15, 0.2) is 0 Å². The van der Waals surface area contributed by atoms with E-state index in [1.165, 1.54) is 19.3 Å². The molecule has 2 aliphatic heterocycles. The fraction of sp³-hybridized carbons (Fsp3) is 0.909. The zero-order valence-electron chi connectivity index (χ0n) is 8.96. The second kappa shape index (κ2) is 4.30. The first-order chi connectivity index (χ1) is 6.77. The molecule has 3 heteroatoms. The molecule has 0 bridgehead atoms. The molecule has 2 atom stereocenters. The molecular formula is C11H20N2O. The summed E-state index contributed by atoms with van der Waals surface area (Å²) in [6.07, 6.45) is 5.91. The van der Waals surface area contributed by atoms with Gasteiger partial charge in [0.05, 0.1) is 6.17 Å². The highest BCUT2D eigenvalue weighted by molar-refractivity contribution is 5.77. The number of hydrogen-bond donors (Lipinski definition) is 1. The Hall–Kier alpha value is -0.570. The van der Waals surface area contributed by atoms with Crippen molar-refractivity contribution >= 4 is 5.91 Å². The molecule has 2 saturated heterocycles. The number of carbonyl (C=O) groups is 1. The number of carbonyl (C=O) groups excluding carboxylic acids is 1. The lowest BCUT2D eigenvalue weighted by Gasteiger charge is -2.39. The van der Waals surface area contributed by atoms with Crippen molar-refractivity contribution in [1.29, 1.82) is 0 Å². The number of amides is 1. The van der Waals surface area contributed by atoms with Crippen molar-refractivity contribution in [1.82, 2.24) is 10.2 Å². The highest BCUT2D eigenvalue weighted by atomic mass is 16.2. The highest BCUT2D eigenvalue weighted by Gasteiger charge is 2.29. The van der Waals surface area contributed by atoms with E-state index in [2.05, 4.69) is 17.1 Å². The second-order valence-electron chi connectivity index (χ2n) is 4.65. The Bertz CT molecular complexity index is 211. The van der Waals surface area contributed by atoms with E-state index in [9.17, 15) is 4.79 Å². The number of likely N-dealkylation sites (tertiary alicyclic amines) is 1. The molecule has 80 valence electrons. The Labute approximate surface area is 85.8 Å². The maximum Gasteiger partial charge on any atom is 0.224 e. The van der Waals surface area contributed by atoms with Crippen molar-refractivity contribution in [2.24, 2.45) is 5.92 Å². The van der Waals surface area contributed by atoms with Gasteiger partial charge in [-0.05, 0) is 38.1 Å². The van der Waals surface area contributed by atoms with E-state index < -0.39 is 0 Å². The van der Waals surface area contributed by atoms with Gasteiger partial charge >= 0.3 is 0 Å². The van der Waals surface area contributed by atoms with Crippen LogP contribution in [0.1, 0.15) is 39.0 Å². The van der Waals surface area contributed by atoms with Crippen molar-refractivity contribution in [3.8, 4) is 0 Å². The lowest BCUT2D eigenvalue weighted by molar-refractivity contribution is -0.138. The van der Waals surface area contributed by atoms with Crippen LogP contribution in [-0.4, -0.2) is 30.1 Å². The van der Waals surface area contributed by atoms with Crippen molar-refractivity contribution < 1.29 is 4.79 Å². The van der Waals surface area contributed by atoms with E-state index in [4.69, 9.17) is 0 Å². The van der Waals surface area contributed by atoms with E-state index in [0.29, 0.717) is 18.0 Å². The topological polar surface area (TPSA) is 32.3 Å². The van der Waals surface area contributed by atoms with Gasteiger partial charge < -0.3 is 4.90 Å². The van der Waals surface area contributed by atoms with Crippen LogP contribution in [0.3, 0.4) is 0 Å². The van der Waals surface area contributed by atoms with E-state index in [0.717, 1.165) is 25.9 Å². The van der Waals surface area contributed by atoms with E-state index in [-0.39, 0.29) is 0 Å². The summed E-state index contributed by atoms with van der Waals surface area (Å²) in [6, 6.07) is 0. The fourth-order valence-corrected chi connectivity index (χ4v) is 2.43. The normalized spacial score (nSPS) is 34.6. The first-order valence-electron chi connectivity index (χ1n) is 5.80. The molecule has 14 heavy (non-hydrogen) atoms. The Kier molecular flexibility index (Phi) is 3.06. The first kappa shape index (κ1) is 9.97. The molecule has 2 fully saturated rings. The van der Waals surface area contributed by atoms with Gasteiger partial charge in [-0.2, -0.15) is 0 Å². The molecule has 3 nitrogen and oxygen atoms in total. The number of nitrogens with one attached hydrogen (secondary N) is 1. The van der Waals surface area contributed by atoms with Gasteiger partial charge in [-0.25, -0.2) is 0 Å². The van der Waals surface area contributed by atoms with E-state index in [1.807, 2.05) is 0 Å². The summed E-state index contributed by atoms with van der Waals surface area (Å²) >= 11 is 0. The summed E-state index contributed by atoms with van der Waals surface area (Å²) < 4.78 is 0. The third kappa shape index (κ3) is 2.08. The molecular weight excluding hydrogens is 176 g/mol. The summed E-state index contributed by atoms with van der Waals surface area (Å²) in [6.45, 7) is 4.20. The predicted octanol–water partition coefficient (Wildman–Crippen LogP) is 1.34. The quantitative estimate of drug-likeness (QED) is 0.686. The molecule has 0 radical (unpaired) electrons. The lowest BCUT2D eigenvalue weighted by Crippen LogP contribution is -2.53. The predicted molar refractivity (Wildman–Crippen MR) is 55.8 cm³/mol. The van der Waals surface area contributed by atoms with Crippen molar-refractivity contribution in [3.05, 3.63) is 0 Å². The Morgan fingerprint density at radius 2 is 2.21 bits per heavy atom. The van der Waals surface area contributed by atoms with Crippen LogP contribution in [0, 0.1) is 5.92 Å². The summed E-state index contributed by atoms with van der Waals surface area (Å²) in [4.78, 5) is 13.8. The standard InChI is InChI=1S/C11H20N2O/c1-9-5-7-13(11(14)8-9)10-4-2-3-6-12-10/h9-10,12H,2-8H2,1H3. The minimum Gasteiger partial charge on any atom is -0.327 e. The summed E-state index contributed by atoms with van der Waals surface area (Å²) in [5, 5.41) is 3.44. The molecule has 0 aliphatic carbocycles. The molecule has 2 unspecified atom stereocenters. The molecule has 2 aliphatic rings. The van der Waals surface area contributed by atoms with Crippen LogP contribution < -0.4 is 5.32 Å². The minimum atomic E-state index is 0.337. The Morgan fingerprint density at radius 1 is 1.36 bits per heavy atom. The second-order valence-corrected chi connectivity index (χ2v) is 4.65. The molecule has 0 aromatic carbocycles. The maximum absolute atomic E-state index is 11.8. The zero-order valence-corrected chi connectivity index (χ0v) is 8.96. The molecule has 0 spiro atoms. The zero-order chi connectivity index (χ0) is 9.97. The van der Waals surface area contributed by atoms with Crippen LogP contribution in [0.2, 0.25) is 0 Å². The average Bonchev–Trinajstić information content (AvgIpc) is 2.19. The van der Waals surface area contributed by atoms with Gasteiger partial charge in [-0.1, -0.05) is 6.92 Å². The lowest BCUT2D eigenvalue weighted by atomic mass is 9.97. The third-order valence-electron chi connectivity index (χ3n) is 3.37. The first-order valence-corrected chi connectivity index (χ1v) is 5.80. The number of nitrogens with zero attached hydrogens (tertiary/aromatic N) is 1. The summed E-state index contributed by atoms with van der Waals surface area (Å²) in [5.74, 6) is 0.936. The van der Waals surface area contributed by atoms with Gasteiger partial charge in [0.15, 0.2) is 0 Å². The third-order valence-corrected chi connectivity index (χ3v) is 3.37. The number of hydrogen-bond acceptors (Lipinski definition) is 2. The van der Waals surface area contributed by atoms with Crippen LogP contribution in [0.25, 0.3) is 0 Å². The molecule has 2 rings (SSSR count). The molecule has 0 saturated carbocycles. The van der Waals surface area contributed by atoms with Gasteiger partial charge in [-0.15, -0.1) is 0 Å². The average molecular weight is 196 g/mol. The number of piperidine rings is 2. The highest BCUT2D eigenvalue weighted by Crippen LogP contribution is 2.21.